The molecule has 5 heteroatoms. The highest BCUT2D eigenvalue weighted by Crippen LogP contribution is 2.20. The predicted molar refractivity (Wildman–Crippen MR) is 74.6 cm³/mol. The molecule has 0 spiro atoms. The maximum atomic E-state index is 11.4. The van der Waals surface area contributed by atoms with Gasteiger partial charge in [-0.25, -0.2) is 18.4 Å². The standard InChI is InChI=1S/C14H16N2O2S/c1-3-4-12-9-14(16-10-15-12)11-5-7-13(8-6-11)19(2,17)18/h5-10H,3-4H2,1-2H3. The molecule has 0 saturated heterocycles. The van der Waals surface area contributed by atoms with Crippen LogP contribution in [0.5, 0.6) is 0 Å². The SMILES string of the molecule is CCCc1cc(-c2ccc(S(C)(=O)=O)cc2)ncn1. The Labute approximate surface area is 113 Å². The number of nitrogens with zero attached hydrogens (tertiary/aromatic N) is 2. The molecule has 1 heterocycles. The summed E-state index contributed by atoms with van der Waals surface area (Å²) in [6.07, 6.45) is 4.69. The maximum Gasteiger partial charge on any atom is 0.175 e. The number of rotatable bonds is 4. The van der Waals surface area contributed by atoms with Gasteiger partial charge in [0.1, 0.15) is 6.33 Å². The van der Waals surface area contributed by atoms with Crippen molar-refractivity contribution in [1.82, 2.24) is 9.97 Å². The molecule has 100 valence electrons. The summed E-state index contributed by atoms with van der Waals surface area (Å²) in [5.41, 5.74) is 2.71. The Morgan fingerprint density at radius 3 is 2.37 bits per heavy atom. The topological polar surface area (TPSA) is 59.9 Å². The fourth-order valence-corrected chi connectivity index (χ4v) is 2.45. The Bertz CT molecular complexity index is 664. The largest absolute Gasteiger partial charge is 0.241 e. The first-order valence-corrected chi connectivity index (χ1v) is 8.01. The summed E-state index contributed by atoms with van der Waals surface area (Å²) in [5.74, 6) is 0. The van der Waals surface area contributed by atoms with Gasteiger partial charge < -0.3 is 0 Å². The van der Waals surface area contributed by atoms with Gasteiger partial charge >= 0.3 is 0 Å². The van der Waals surface area contributed by atoms with Crippen molar-refractivity contribution in [3.63, 3.8) is 0 Å². The molecule has 0 atom stereocenters. The zero-order valence-electron chi connectivity index (χ0n) is 11.0. The van der Waals surface area contributed by atoms with E-state index in [-0.39, 0.29) is 0 Å². The van der Waals surface area contributed by atoms with Gasteiger partial charge in [-0.2, -0.15) is 0 Å². The minimum atomic E-state index is -3.15. The lowest BCUT2D eigenvalue weighted by molar-refractivity contribution is 0.602. The van der Waals surface area contributed by atoms with Gasteiger partial charge in [0.25, 0.3) is 0 Å². The van der Waals surface area contributed by atoms with Crippen molar-refractivity contribution in [1.29, 1.82) is 0 Å². The molecule has 19 heavy (non-hydrogen) atoms. The van der Waals surface area contributed by atoms with E-state index in [1.54, 1.807) is 30.6 Å². The molecule has 0 unspecified atom stereocenters. The van der Waals surface area contributed by atoms with E-state index >= 15 is 0 Å². The molecule has 2 rings (SSSR count). The Kier molecular flexibility index (Phi) is 3.95. The molecule has 1 aromatic heterocycles. The Hall–Kier alpha value is -1.75. The van der Waals surface area contributed by atoms with Gasteiger partial charge in [0, 0.05) is 17.5 Å². The number of aryl methyl sites for hydroxylation is 1. The maximum absolute atomic E-state index is 11.4. The Balaban J connectivity index is 2.34. The first-order chi connectivity index (χ1) is 9.00. The molecule has 0 bridgehead atoms. The van der Waals surface area contributed by atoms with Gasteiger partial charge in [-0.3, -0.25) is 0 Å². The van der Waals surface area contributed by atoms with Gasteiger partial charge in [0.2, 0.25) is 0 Å². The molecule has 1 aromatic carbocycles. The molecule has 0 amide bonds. The second-order valence-electron chi connectivity index (χ2n) is 4.44. The average Bonchev–Trinajstić information content (AvgIpc) is 2.39. The Morgan fingerprint density at radius 1 is 1.11 bits per heavy atom. The number of hydrogen-bond acceptors (Lipinski definition) is 4. The number of hydrogen-bond donors (Lipinski definition) is 0. The third-order valence-corrected chi connectivity index (χ3v) is 3.94. The number of sulfone groups is 1. The number of aromatic nitrogens is 2. The van der Waals surface area contributed by atoms with E-state index < -0.39 is 9.84 Å². The second kappa shape index (κ2) is 5.48. The van der Waals surface area contributed by atoms with Crippen molar-refractivity contribution < 1.29 is 8.42 Å². The third-order valence-electron chi connectivity index (χ3n) is 2.81. The summed E-state index contributed by atoms with van der Waals surface area (Å²) in [6.45, 7) is 2.10. The van der Waals surface area contributed by atoms with Crippen LogP contribution in [-0.4, -0.2) is 24.6 Å². The first-order valence-electron chi connectivity index (χ1n) is 6.12. The van der Waals surface area contributed by atoms with Crippen LogP contribution in [0.25, 0.3) is 11.3 Å². The molecule has 0 saturated carbocycles. The van der Waals surface area contributed by atoms with Gasteiger partial charge in [0.05, 0.1) is 10.6 Å². The molecule has 0 aliphatic heterocycles. The van der Waals surface area contributed by atoms with Gasteiger partial charge in [-0.05, 0) is 24.6 Å². The molecule has 0 radical (unpaired) electrons. The zero-order chi connectivity index (χ0) is 13.9. The lowest BCUT2D eigenvalue weighted by atomic mass is 10.1. The summed E-state index contributed by atoms with van der Waals surface area (Å²) in [4.78, 5) is 8.75. The molecule has 0 aliphatic rings. The highest BCUT2D eigenvalue weighted by atomic mass is 32.2. The van der Waals surface area contributed by atoms with E-state index in [0.717, 1.165) is 29.8 Å². The van der Waals surface area contributed by atoms with Gasteiger partial charge in [0.15, 0.2) is 9.84 Å². The fraction of sp³-hybridized carbons (Fsp3) is 0.286. The monoisotopic (exact) mass is 276 g/mol. The average molecular weight is 276 g/mol. The van der Waals surface area contributed by atoms with Crippen LogP contribution in [0.2, 0.25) is 0 Å². The third kappa shape index (κ3) is 3.38. The summed E-state index contributed by atoms with van der Waals surface area (Å²) in [6, 6.07) is 8.69. The molecule has 2 aromatic rings. The minimum absolute atomic E-state index is 0.319. The van der Waals surface area contributed by atoms with Crippen molar-refractivity contribution in [2.75, 3.05) is 6.26 Å². The van der Waals surface area contributed by atoms with E-state index in [1.807, 2.05) is 6.07 Å². The summed E-state index contributed by atoms with van der Waals surface area (Å²) in [5, 5.41) is 0. The van der Waals surface area contributed by atoms with E-state index in [2.05, 4.69) is 16.9 Å². The van der Waals surface area contributed by atoms with Crippen molar-refractivity contribution >= 4 is 9.84 Å². The van der Waals surface area contributed by atoms with Crippen LogP contribution in [-0.2, 0) is 16.3 Å². The fourth-order valence-electron chi connectivity index (χ4n) is 1.82. The van der Waals surface area contributed by atoms with Crippen LogP contribution in [0.1, 0.15) is 19.0 Å². The molecule has 0 aliphatic carbocycles. The van der Waals surface area contributed by atoms with Crippen molar-refractivity contribution in [3.8, 4) is 11.3 Å². The molecule has 4 nitrogen and oxygen atoms in total. The van der Waals surface area contributed by atoms with Crippen LogP contribution in [0.15, 0.2) is 41.6 Å². The smallest absolute Gasteiger partial charge is 0.175 e. The number of benzene rings is 1. The van der Waals surface area contributed by atoms with Gasteiger partial charge in [-0.1, -0.05) is 25.5 Å². The zero-order valence-corrected chi connectivity index (χ0v) is 11.8. The van der Waals surface area contributed by atoms with Crippen LogP contribution >= 0.6 is 0 Å². The molecule has 0 fully saturated rings. The van der Waals surface area contributed by atoms with Crippen molar-refractivity contribution in [2.24, 2.45) is 0 Å². The van der Waals surface area contributed by atoms with Crippen LogP contribution in [0.3, 0.4) is 0 Å². The van der Waals surface area contributed by atoms with Crippen LogP contribution in [0, 0.1) is 0 Å². The van der Waals surface area contributed by atoms with Gasteiger partial charge in [-0.15, -0.1) is 0 Å². The predicted octanol–water partition coefficient (Wildman–Crippen LogP) is 2.50. The second-order valence-corrected chi connectivity index (χ2v) is 6.46. The van der Waals surface area contributed by atoms with Crippen molar-refractivity contribution in [2.45, 2.75) is 24.7 Å². The van der Waals surface area contributed by atoms with E-state index in [9.17, 15) is 8.42 Å². The van der Waals surface area contributed by atoms with Crippen molar-refractivity contribution in [3.05, 3.63) is 42.4 Å². The molecular formula is C14H16N2O2S. The normalized spacial score (nSPS) is 11.5. The first kappa shape index (κ1) is 13.7. The van der Waals surface area contributed by atoms with Crippen LogP contribution < -0.4 is 0 Å². The summed E-state index contributed by atoms with van der Waals surface area (Å²) >= 11 is 0. The highest BCUT2D eigenvalue weighted by molar-refractivity contribution is 7.90. The summed E-state index contributed by atoms with van der Waals surface area (Å²) < 4.78 is 22.8. The molecule has 0 N–H and O–H groups in total. The van der Waals surface area contributed by atoms with Crippen LogP contribution in [0.4, 0.5) is 0 Å². The lowest BCUT2D eigenvalue weighted by Crippen LogP contribution is -1.97. The van der Waals surface area contributed by atoms with E-state index in [4.69, 9.17) is 0 Å². The lowest BCUT2D eigenvalue weighted by Gasteiger charge is -2.04. The highest BCUT2D eigenvalue weighted by Gasteiger charge is 2.07. The quantitative estimate of drug-likeness (QED) is 0.861. The Morgan fingerprint density at radius 2 is 1.79 bits per heavy atom. The van der Waals surface area contributed by atoms with E-state index in [1.165, 1.54) is 6.26 Å². The minimum Gasteiger partial charge on any atom is -0.241 e. The molecular weight excluding hydrogens is 260 g/mol. The summed E-state index contributed by atoms with van der Waals surface area (Å²) in [7, 11) is -3.15. The van der Waals surface area contributed by atoms with E-state index in [0.29, 0.717) is 4.90 Å².